The highest BCUT2D eigenvalue weighted by Crippen LogP contribution is 2.33. The Labute approximate surface area is 167 Å². The molecule has 1 heterocycles. The van der Waals surface area contributed by atoms with E-state index >= 15 is 0 Å². The molecule has 0 aliphatic carbocycles. The summed E-state index contributed by atoms with van der Waals surface area (Å²) < 4.78 is 40.2. The molecule has 0 bridgehead atoms. The average molecular weight is 412 g/mol. The maximum atomic E-state index is 12.8. The zero-order valence-corrected chi connectivity index (χ0v) is 16.2. The summed E-state index contributed by atoms with van der Waals surface area (Å²) in [4.78, 5) is 0. The van der Waals surface area contributed by atoms with Crippen LogP contribution in [0.5, 0.6) is 0 Å². The van der Waals surface area contributed by atoms with Crippen LogP contribution in [0.1, 0.15) is 5.56 Å². The summed E-state index contributed by atoms with van der Waals surface area (Å²) in [6, 6.07) is 25.6. The zero-order chi connectivity index (χ0) is 20.3. The summed E-state index contributed by atoms with van der Waals surface area (Å²) in [7, 11) is -0.660. The van der Waals surface area contributed by atoms with Crippen LogP contribution in [-0.2, 0) is 12.5 Å². The molecule has 0 fully saturated rings. The molecule has 0 unspecified atom stereocenters. The Morgan fingerprint density at radius 1 is 0.793 bits per heavy atom. The van der Waals surface area contributed by atoms with Crippen LogP contribution >= 0.6 is 7.92 Å². The predicted molar refractivity (Wildman–Crippen MR) is 108 cm³/mol. The van der Waals surface area contributed by atoms with Gasteiger partial charge in [0, 0.05) is 18.6 Å². The van der Waals surface area contributed by atoms with Gasteiger partial charge in [-0.05, 0) is 34.9 Å². The van der Waals surface area contributed by atoms with E-state index in [4.69, 9.17) is 0 Å². The minimum atomic E-state index is -4.34. The molecule has 0 amide bonds. The zero-order valence-electron chi connectivity index (χ0n) is 15.3. The van der Waals surface area contributed by atoms with Crippen molar-refractivity contribution in [1.82, 2.24) is 10.3 Å². The largest absolute Gasteiger partial charge is 0.416 e. The summed E-state index contributed by atoms with van der Waals surface area (Å²) in [5.41, 5.74) is 0.577. The van der Waals surface area contributed by atoms with Gasteiger partial charge in [0.15, 0.2) is 6.20 Å². The van der Waals surface area contributed by atoms with E-state index in [2.05, 4.69) is 34.6 Å². The van der Waals surface area contributed by atoms with E-state index in [1.807, 2.05) is 47.3 Å². The third kappa shape index (κ3) is 4.54. The number of hydrogen-bond acceptors (Lipinski definition) is 1. The van der Waals surface area contributed by atoms with Crippen LogP contribution in [0, 0.1) is 0 Å². The van der Waals surface area contributed by atoms with Crippen LogP contribution in [0.25, 0.3) is 11.3 Å². The first-order valence-corrected chi connectivity index (χ1v) is 10.5. The summed E-state index contributed by atoms with van der Waals surface area (Å²) in [6.45, 7) is 0. The summed E-state index contributed by atoms with van der Waals surface area (Å²) in [5.74, 6) is 0. The summed E-state index contributed by atoms with van der Waals surface area (Å²) in [5, 5.41) is 9.75. The number of nitrogens with one attached hydrogen (secondary N) is 1. The van der Waals surface area contributed by atoms with Gasteiger partial charge >= 0.3 is 6.18 Å². The molecule has 29 heavy (non-hydrogen) atoms. The van der Waals surface area contributed by atoms with Crippen LogP contribution in [-0.4, -0.2) is 10.3 Å². The molecule has 3 aromatic carbocycles. The molecular formula is C22H18F3N3P+. The van der Waals surface area contributed by atoms with Gasteiger partial charge < -0.3 is 0 Å². The molecule has 1 N–H and O–H groups in total. The first kappa shape index (κ1) is 19.3. The van der Waals surface area contributed by atoms with Crippen molar-refractivity contribution in [3.63, 3.8) is 0 Å². The normalized spacial score (nSPS) is 11.7. The van der Waals surface area contributed by atoms with Crippen LogP contribution in [0.3, 0.4) is 0 Å². The van der Waals surface area contributed by atoms with Gasteiger partial charge in [-0.1, -0.05) is 65.9 Å². The van der Waals surface area contributed by atoms with Gasteiger partial charge in [0.25, 0.3) is 0 Å². The molecule has 146 valence electrons. The van der Waals surface area contributed by atoms with Gasteiger partial charge in [0.1, 0.15) is 6.29 Å². The molecule has 0 saturated carbocycles. The third-order valence-electron chi connectivity index (χ3n) is 4.51. The lowest BCUT2D eigenvalue weighted by molar-refractivity contribution is -0.735. The van der Waals surface area contributed by atoms with Crippen molar-refractivity contribution in [2.24, 2.45) is 0 Å². The molecule has 0 radical (unpaired) electrons. The topological polar surface area (TPSA) is 32.6 Å². The standard InChI is InChI=1S/C22H17F3N3P/c23-22(24,25)18-13-11-17(12-14-18)21-15-28(27-26-21)16-29(19-7-3-1-4-8-19)20-9-5-2-6-10-20/h1-15H,16H2/p+1. The first-order chi connectivity index (χ1) is 14.0. The lowest BCUT2D eigenvalue weighted by Gasteiger charge is -2.15. The van der Waals surface area contributed by atoms with Crippen LogP contribution in [0.4, 0.5) is 13.2 Å². The Bertz CT molecular complexity index is 1020. The highest BCUT2D eigenvalue weighted by Gasteiger charge is 2.30. The molecule has 0 atom stereocenters. The Morgan fingerprint density at radius 3 is 1.86 bits per heavy atom. The molecule has 3 nitrogen and oxygen atoms in total. The van der Waals surface area contributed by atoms with Gasteiger partial charge in [0.2, 0.25) is 5.69 Å². The van der Waals surface area contributed by atoms with E-state index in [-0.39, 0.29) is 0 Å². The molecule has 4 rings (SSSR count). The smallest absolute Gasteiger partial charge is 0.166 e. The number of halogens is 3. The van der Waals surface area contributed by atoms with Crippen molar-refractivity contribution >= 4 is 18.5 Å². The van der Waals surface area contributed by atoms with Crippen molar-refractivity contribution in [3.05, 3.63) is 96.7 Å². The van der Waals surface area contributed by atoms with Crippen molar-refractivity contribution < 1.29 is 17.9 Å². The third-order valence-corrected chi connectivity index (χ3v) is 6.95. The van der Waals surface area contributed by atoms with E-state index in [1.54, 1.807) is 0 Å². The maximum Gasteiger partial charge on any atom is 0.416 e. The Morgan fingerprint density at radius 2 is 1.34 bits per heavy atom. The monoisotopic (exact) mass is 412 g/mol. The van der Waals surface area contributed by atoms with E-state index < -0.39 is 19.7 Å². The number of nitrogens with zero attached hydrogens (tertiary/aromatic N) is 2. The number of benzene rings is 3. The fraction of sp³-hybridized carbons (Fsp3) is 0.0909. The number of hydrogen-bond donors (Lipinski definition) is 1. The van der Waals surface area contributed by atoms with E-state index in [9.17, 15) is 13.2 Å². The second-order valence-electron chi connectivity index (χ2n) is 6.51. The molecular weight excluding hydrogens is 394 g/mol. The molecule has 0 aliphatic rings. The van der Waals surface area contributed by atoms with Gasteiger partial charge in [-0.25, -0.2) is 0 Å². The van der Waals surface area contributed by atoms with E-state index in [1.165, 1.54) is 22.7 Å². The number of rotatable bonds is 5. The highest BCUT2D eigenvalue weighted by atomic mass is 31.1. The SMILES string of the molecule is FC(F)(F)c1ccc(-c2c[n+](CP(c3ccccc3)c3ccccc3)[nH]n2)cc1. The Balaban J connectivity index is 1.60. The van der Waals surface area contributed by atoms with Crippen molar-refractivity contribution in [1.29, 1.82) is 0 Å². The molecule has 4 aromatic rings. The van der Waals surface area contributed by atoms with Crippen molar-refractivity contribution in [2.75, 3.05) is 0 Å². The van der Waals surface area contributed by atoms with Gasteiger partial charge in [-0.15, -0.1) is 0 Å². The van der Waals surface area contributed by atoms with Gasteiger partial charge in [-0.3, -0.25) is 0 Å². The van der Waals surface area contributed by atoms with Gasteiger partial charge in [0.05, 0.1) is 5.56 Å². The van der Waals surface area contributed by atoms with Crippen molar-refractivity contribution in [2.45, 2.75) is 12.5 Å². The fourth-order valence-electron chi connectivity index (χ4n) is 3.05. The highest BCUT2D eigenvalue weighted by molar-refractivity contribution is 7.71. The van der Waals surface area contributed by atoms with Crippen LogP contribution in [0.15, 0.2) is 91.1 Å². The second-order valence-corrected chi connectivity index (χ2v) is 8.68. The lowest BCUT2D eigenvalue weighted by atomic mass is 10.1. The fourth-order valence-corrected chi connectivity index (χ4v) is 5.18. The quantitative estimate of drug-likeness (QED) is 0.381. The number of H-pyrrole nitrogens is 1. The Kier molecular flexibility index (Phi) is 5.45. The summed E-state index contributed by atoms with van der Waals surface area (Å²) in [6.07, 6.45) is -1.81. The maximum absolute atomic E-state index is 12.8. The second kappa shape index (κ2) is 8.18. The molecule has 0 saturated heterocycles. The van der Waals surface area contributed by atoms with Crippen LogP contribution < -0.4 is 15.3 Å². The molecule has 0 aliphatic heterocycles. The molecule has 0 spiro atoms. The lowest BCUT2D eigenvalue weighted by Crippen LogP contribution is -2.37. The number of aromatic nitrogens is 3. The molecule has 7 heteroatoms. The Hall–Kier alpha value is -2.98. The van der Waals surface area contributed by atoms with E-state index in [0.29, 0.717) is 17.5 Å². The first-order valence-electron chi connectivity index (χ1n) is 9.01. The number of aromatic amines is 1. The van der Waals surface area contributed by atoms with Crippen molar-refractivity contribution in [3.8, 4) is 11.3 Å². The minimum absolute atomic E-state index is 0.606. The van der Waals surface area contributed by atoms with E-state index in [0.717, 1.165) is 12.1 Å². The average Bonchev–Trinajstić information content (AvgIpc) is 3.21. The van der Waals surface area contributed by atoms with Crippen LogP contribution in [0.2, 0.25) is 0 Å². The predicted octanol–water partition coefficient (Wildman–Crippen LogP) is 4.47. The van der Waals surface area contributed by atoms with Gasteiger partial charge in [-0.2, -0.15) is 17.9 Å². The number of alkyl halides is 3. The minimum Gasteiger partial charge on any atom is -0.166 e. The summed E-state index contributed by atoms with van der Waals surface area (Å²) >= 11 is 0. The molecule has 1 aromatic heterocycles.